The van der Waals surface area contributed by atoms with E-state index in [1.54, 1.807) is 13.2 Å². The Morgan fingerprint density at radius 3 is 2.83 bits per heavy atom. The molecular weight excluding hydrogens is 229 g/mol. The van der Waals surface area contributed by atoms with Crippen LogP contribution < -0.4 is 5.32 Å². The summed E-state index contributed by atoms with van der Waals surface area (Å²) < 4.78 is 18.3. The van der Waals surface area contributed by atoms with Gasteiger partial charge in [0.2, 0.25) is 0 Å². The standard InChI is InChI=1S/C15H22FNO/c1-12-3-4-14(16)9-13(12)10-17-11-15(5-6-15)7-8-18-2/h3-4,9,17H,5-8,10-11H2,1-2H3. The molecule has 0 radical (unpaired) electrons. The van der Waals surface area contributed by atoms with Crippen LogP contribution >= 0.6 is 0 Å². The van der Waals surface area contributed by atoms with Crippen LogP contribution in [0.2, 0.25) is 0 Å². The molecule has 0 aliphatic heterocycles. The number of rotatable bonds is 7. The van der Waals surface area contributed by atoms with E-state index in [1.807, 2.05) is 13.0 Å². The second-order valence-electron chi connectivity index (χ2n) is 5.42. The third-order valence-corrected chi connectivity index (χ3v) is 3.92. The van der Waals surface area contributed by atoms with Gasteiger partial charge >= 0.3 is 0 Å². The van der Waals surface area contributed by atoms with Crippen molar-refractivity contribution in [3.63, 3.8) is 0 Å². The summed E-state index contributed by atoms with van der Waals surface area (Å²) in [5, 5.41) is 3.46. The van der Waals surface area contributed by atoms with Crippen LogP contribution in [0.15, 0.2) is 18.2 Å². The van der Waals surface area contributed by atoms with Crippen molar-refractivity contribution in [2.45, 2.75) is 32.7 Å². The van der Waals surface area contributed by atoms with E-state index in [-0.39, 0.29) is 5.82 Å². The molecule has 0 heterocycles. The minimum atomic E-state index is -0.155. The molecule has 0 unspecified atom stereocenters. The van der Waals surface area contributed by atoms with Crippen molar-refractivity contribution in [2.75, 3.05) is 20.3 Å². The van der Waals surface area contributed by atoms with E-state index >= 15 is 0 Å². The normalized spacial score (nSPS) is 16.8. The van der Waals surface area contributed by atoms with E-state index in [0.29, 0.717) is 5.41 Å². The van der Waals surface area contributed by atoms with E-state index in [2.05, 4.69) is 5.32 Å². The van der Waals surface area contributed by atoms with Gasteiger partial charge in [0.1, 0.15) is 5.82 Å². The summed E-state index contributed by atoms with van der Waals surface area (Å²) in [6, 6.07) is 4.97. The molecule has 2 nitrogen and oxygen atoms in total. The number of ether oxygens (including phenoxy) is 1. The molecule has 0 aromatic heterocycles. The molecule has 1 aromatic rings. The summed E-state index contributed by atoms with van der Waals surface area (Å²) in [5.41, 5.74) is 2.64. The van der Waals surface area contributed by atoms with E-state index < -0.39 is 0 Å². The first kappa shape index (κ1) is 13.5. The number of halogens is 1. The number of aryl methyl sites for hydroxylation is 1. The number of hydrogen-bond acceptors (Lipinski definition) is 2. The summed E-state index contributed by atoms with van der Waals surface area (Å²) >= 11 is 0. The molecule has 1 N–H and O–H groups in total. The van der Waals surface area contributed by atoms with Crippen LogP contribution in [0.1, 0.15) is 30.4 Å². The molecule has 1 saturated carbocycles. The molecule has 1 aromatic carbocycles. The Labute approximate surface area is 109 Å². The molecule has 100 valence electrons. The Hall–Kier alpha value is -0.930. The average Bonchev–Trinajstić information content (AvgIpc) is 3.12. The minimum Gasteiger partial charge on any atom is -0.385 e. The monoisotopic (exact) mass is 251 g/mol. The van der Waals surface area contributed by atoms with Gasteiger partial charge in [0.15, 0.2) is 0 Å². The Morgan fingerprint density at radius 2 is 2.17 bits per heavy atom. The van der Waals surface area contributed by atoms with E-state index in [1.165, 1.54) is 18.9 Å². The van der Waals surface area contributed by atoms with Crippen molar-refractivity contribution < 1.29 is 9.13 Å². The first-order chi connectivity index (χ1) is 8.65. The minimum absolute atomic E-state index is 0.155. The highest BCUT2D eigenvalue weighted by Gasteiger charge is 2.41. The molecule has 0 spiro atoms. The van der Waals surface area contributed by atoms with Crippen LogP contribution in [-0.2, 0) is 11.3 Å². The van der Waals surface area contributed by atoms with Crippen molar-refractivity contribution in [2.24, 2.45) is 5.41 Å². The Morgan fingerprint density at radius 1 is 1.39 bits per heavy atom. The topological polar surface area (TPSA) is 21.3 Å². The fraction of sp³-hybridized carbons (Fsp3) is 0.600. The summed E-state index contributed by atoms with van der Waals surface area (Å²) in [4.78, 5) is 0. The SMILES string of the molecule is COCCC1(CNCc2cc(F)ccc2C)CC1. The Bertz CT molecular complexity index is 401. The molecule has 0 bridgehead atoms. The van der Waals surface area contributed by atoms with Crippen LogP contribution in [0.3, 0.4) is 0 Å². The highest BCUT2D eigenvalue weighted by Crippen LogP contribution is 2.48. The van der Waals surface area contributed by atoms with Gasteiger partial charge in [0, 0.05) is 26.8 Å². The lowest BCUT2D eigenvalue weighted by Crippen LogP contribution is -2.25. The lowest BCUT2D eigenvalue weighted by molar-refractivity contribution is 0.171. The predicted molar refractivity (Wildman–Crippen MR) is 71.0 cm³/mol. The Balaban J connectivity index is 1.80. The molecule has 0 atom stereocenters. The van der Waals surface area contributed by atoms with Crippen LogP contribution in [0.25, 0.3) is 0 Å². The van der Waals surface area contributed by atoms with E-state index in [9.17, 15) is 4.39 Å². The molecule has 1 aliphatic carbocycles. The van der Waals surface area contributed by atoms with E-state index in [0.717, 1.165) is 37.2 Å². The first-order valence-corrected chi connectivity index (χ1v) is 6.60. The van der Waals surface area contributed by atoms with Gasteiger partial charge in [-0.05, 0) is 54.9 Å². The van der Waals surface area contributed by atoms with Gasteiger partial charge in [0.25, 0.3) is 0 Å². The van der Waals surface area contributed by atoms with Gasteiger partial charge in [-0.15, -0.1) is 0 Å². The van der Waals surface area contributed by atoms with Crippen molar-refractivity contribution in [1.29, 1.82) is 0 Å². The zero-order valence-corrected chi connectivity index (χ0v) is 11.3. The maximum Gasteiger partial charge on any atom is 0.123 e. The van der Waals surface area contributed by atoms with Crippen LogP contribution in [0, 0.1) is 18.2 Å². The van der Waals surface area contributed by atoms with Gasteiger partial charge in [-0.1, -0.05) is 6.07 Å². The number of methoxy groups -OCH3 is 1. The number of nitrogens with one attached hydrogen (secondary N) is 1. The molecule has 1 aliphatic rings. The first-order valence-electron chi connectivity index (χ1n) is 6.60. The second-order valence-corrected chi connectivity index (χ2v) is 5.42. The smallest absolute Gasteiger partial charge is 0.123 e. The van der Waals surface area contributed by atoms with Crippen molar-refractivity contribution in [3.8, 4) is 0 Å². The van der Waals surface area contributed by atoms with Crippen molar-refractivity contribution in [3.05, 3.63) is 35.1 Å². The summed E-state index contributed by atoms with van der Waals surface area (Å²) in [5.74, 6) is -0.155. The maximum atomic E-state index is 13.1. The largest absolute Gasteiger partial charge is 0.385 e. The summed E-state index contributed by atoms with van der Waals surface area (Å²) in [6.45, 7) is 4.61. The molecular formula is C15H22FNO. The van der Waals surface area contributed by atoms with Crippen molar-refractivity contribution in [1.82, 2.24) is 5.32 Å². The lowest BCUT2D eigenvalue weighted by Gasteiger charge is -2.16. The van der Waals surface area contributed by atoms with Gasteiger partial charge < -0.3 is 10.1 Å². The highest BCUT2D eigenvalue weighted by molar-refractivity contribution is 5.26. The molecule has 18 heavy (non-hydrogen) atoms. The van der Waals surface area contributed by atoms with Crippen LogP contribution in [0.4, 0.5) is 4.39 Å². The van der Waals surface area contributed by atoms with Crippen LogP contribution in [0.5, 0.6) is 0 Å². The molecule has 2 rings (SSSR count). The Kier molecular flexibility index (Phi) is 4.36. The number of hydrogen-bond donors (Lipinski definition) is 1. The third kappa shape index (κ3) is 3.53. The lowest BCUT2D eigenvalue weighted by atomic mass is 10.0. The molecule has 0 saturated heterocycles. The van der Waals surface area contributed by atoms with Gasteiger partial charge in [-0.2, -0.15) is 0 Å². The molecule has 3 heteroatoms. The summed E-state index contributed by atoms with van der Waals surface area (Å²) in [6.07, 6.45) is 3.69. The second kappa shape index (κ2) is 5.81. The molecule has 1 fully saturated rings. The summed E-state index contributed by atoms with van der Waals surface area (Å²) in [7, 11) is 1.75. The average molecular weight is 251 g/mol. The van der Waals surface area contributed by atoms with Gasteiger partial charge in [0.05, 0.1) is 0 Å². The fourth-order valence-electron chi connectivity index (χ4n) is 2.30. The highest BCUT2D eigenvalue weighted by atomic mass is 19.1. The van der Waals surface area contributed by atoms with Crippen LogP contribution in [-0.4, -0.2) is 20.3 Å². The van der Waals surface area contributed by atoms with Gasteiger partial charge in [-0.25, -0.2) is 4.39 Å². The quantitative estimate of drug-likeness (QED) is 0.804. The van der Waals surface area contributed by atoms with Crippen molar-refractivity contribution >= 4 is 0 Å². The van der Waals surface area contributed by atoms with Gasteiger partial charge in [-0.3, -0.25) is 0 Å². The fourth-order valence-corrected chi connectivity index (χ4v) is 2.30. The zero-order valence-electron chi connectivity index (χ0n) is 11.3. The molecule has 0 amide bonds. The third-order valence-electron chi connectivity index (χ3n) is 3.92. The predicted octanol–water partition coefficient (Wildman–Crippen LogP) is 3.04. The van der Waals surface area contributed by atoms with E-state index in [4.69, 9.17) is 4.74 Å². The number of benzene rings is 1. The zero-order chi connectivity index (χ0) is 13.0. The maximum absolute atomic E-state index is 13.1.